The fourth-order valence-electron chi connectivity index (χ4n) is 2.00. The Labute approximate surface area is 132 Å². The summed E-state index contributed by atoms with van der Waals surface area (Å²) in [5.74, 6) is -3.56. The molecule has 0 heterocycles. The van der Waals surface area contributed by atoms with Crippen molar-refractivity contribution in [3.05, 3.63) is 65.7 Å². The molecule has 0 unspecified atom stereocenters. The first-order valence-corrected chi connectivity index (χ1v) is 7.06. The molecule has 1 atom stereocenters. The molecule has 23 heavy (non-hydrogen) atoms. The minimum Gasteiger partial charge on any atom is -0.347 e. The van der Waals surface area contributed by atoms with Crippen molar-refractivity contribution >= 4 is 17.5 Å². The molecule has 2 aromatic rings. The molecule has 2 aromatic carbocycles. The maximum absolute atomic E-state index is 13.4. The molecule has 0 fully saturated rings. The second-order valence-corrected chi connectivity index (χ2v) is 5.10. The molecule has 2 N–H and O–H groups in total. The molecule has 2 rings (SSSR count). The molecular formula is C17H16F2N2O2. The summed E-state index contributed by atoms with van der Waals surface area (Å²) in [6, 6.07) is 12.2. The van der Waals surface area contributed by atoms with E-state index in [1.165, 1.54) is 0 Å². The molecule has 2 amide bonds. The van der Waals surface area contributed by atoms with Crippen molar-refractivity contribution in [2.24, 2.45) is 0 Å². The van der Waals surface area contributed by atoms with Gasteiger partial charge in [-0.15, -0.1) is 0 Å². The number of hydrogen-bond donors (Lipinski definition) is 2. The topological polar surface area (TPSA) is 58.2 Å². The van der Waals surface area contributed by atoms with Gasteiger partial charge < -0.3 is 10.6 Å². The molecule has 6 heteroatoms. The van der Waals surface area contributed by atoms with E-state index in [-0.39, 0.29) is 18.2 Å². The first-order chi connectivity index (χ1) is 11.0. The molecular weight excluding hydrogens is 302 g/mol. The zero-order chi connectivity index (χ0) is 16.8. The fourth-order valence-corrected chi connectivity index (χ4v) is 2.00. The Bertz CT molecular complexity index is 705. The van der Waals surface area contributed by atoms with Gasteiger partial charge in [-0.25, -0.2) is 8.78 Å². The fraction of sp³-hybridized carbons (Fsp3) is 0.176. The minimum atomic E-state index is -1.00. The van der Waals surface area contributed by atoms with Crippen LogP contribution in [-0.4, -0.2) is 18.4 Å². The van der Waals surface area contributed by atoms with Crippen LogP contribution in [0.5, 0.6) is 0 Å². The lowest BCUT2D eigenvalue weighted by molar-refractivity contribution is -0.136. The number of carbonyl (C=O) groups is 2. The summed E-state index contributed by atoms with van der Waals surface area (Å²) in [7, 11) is 0. The number of halogens is 2. The Kier molecular flexibility index (Phi) is 5.41. The largest absolute Gasteiger partial charge is 0.347 e. The Morgan fingerprint density at radius 2 is 1.74 bits per heavy atom. The lowest BCUT2D eigenvalue weighted by Gasteiger charge is -2.13. The van der Waals surface area contributed by atoms with Gasteiger partial charge in [-0.05, 0) is 23.6 Å². The van der Waals surface area contributed by atoms with Crippen LogP contribution < -0.4 is 10.6 Å². The third-order valence-electron chi connectivity index (χ3n) is 3.32. The van der Waals surface area contributed by atoms with Crippen LogP contribution in [-0.2, 0) is 9.59 Å². The Balaban J connectivity index is 1.89. The molecule has 0 bridgehead atoms. The van der Waals surface area contributed by atoms with Gasteiger partial charge in [-0.3, -0.25) is 9.59 Å². The summed E-state index contributed by atoms with van der Waals surface area (Å²) in [4.78, 5) is 23.5. The van der Waals surface area contributed by atoms with Crippen molar-refractivity contribution in [2.45, 2.75) is 12.8 Å². The van der Waals surface area contributed by atoms with Crippen LogP contribution in [0.1, 0.15) is 18.4 Å². The predicted octanol–water partition coefficient (Wildman–Crippen LogP) is 2.82. The van der Waals surface area contributed by atoms with Crippen LogP contribution in [0.2, 0.25) is 0 Å². The van der Waals surface area contributed by atoms with Gasteiger partial charge >= 0.3 is 11.8 Å². The predicted molar refractivity (Wildman–Crippen MR) is 82.9 cm³/mol. The molecule has 0 aliphatic heterocycles. The van der Waals surface area contributed by atoms with E-state index in [4.69, 9.17) is 0 Å². The summed E-state index contributed by atoms with van der Waals surface area (Å²) >= 11 is 0. The van der Waals surface area contributed by atoms with Crippen LogP contribution in [0.15, 0.2) is 48.5 Å². The number of anilines is 1. The minimum absolute atomic E-state index is 0.0236. The molecule has 0 spiro atoms. The van der Waals surface area contributed by atoms with Crippen molar-refractivity contribution in [1.29, 1.82) is 0 Å². The zero-order valence-electron chi connectivity index (χ0n) is 12.5. The molecule has 0 aromatic heterocycles. The Morgan fingerprint density at radius 1 is 1.04 bits per heavy atom. The monoisotopic (exact) mass is 318 g/mol. The van der Waals surface area contributed by atoms with E-state index in [1.54, 1.807) is 0 Å². The lowest BCUT2D eigenvalue weighted by atomic mass is 10.0. The van der Waals surface area contributed by atoms with Crippen molar-refractivity contribution in [3.8, 4) is 0 Å². The van der Waals surface area contributed by atoms with E-state index >= 15 is 0 Å². The second kappa shape index (κ2) is 7.49. The van der Waals surface area contributed by atoms with E-state index in [2.05, 4.69) is 10.6 Å². The maximum atomic E-state index is 13.4. The number of benzene rings is 2. The summed E-state index contributed by atoms with van der Waals surface area (Å²) in [6.07, 6.45) is 0. The molecule has 0 aliphatic rings. The van der Waals surface area contributed by atoms with Gasteiger partial charge in [0.25, 0.3) is 0 Å². The summed E-state index contributed by atoms with van der Waals surface area (Å²) in [5, 5.41) is 4.59. The zero-order valence-corrected chi connectivity index (χ0v) is 12.5. The van der Waals surface area contributed by atoms with Crippen LogP contribution in [0.3, 0.4) is 0 Å². The molecule has 4 nitrogen and oxygen atoms in total. The number of amides is 2. The molecule has 0 saturated heterocycles. The maximum Gasteiger partial charge on any atom is 0.313 e. The average molecular weight is 318 g/mol. The number of carbonyl (C=O) groups excluding carboxylic acids is 2. The van der Waals surface area contributed by atoms with Crippen molar-refractivity contribution in [3.63, 3.8) is 0 Å². The molecule has 0 saturated carbocycles. The van der Waals surface area contributed by atoms with E-state index in [0.717, 1.165) is 17.7 Å². The van der Waals surface area contributed by atoms with E-state index in [1.807, 2.05) is 37.3 Å². The van der Waals surface area contributed by atoms with E-state index in [9.17, 15) is 18.4 Å². The summed E-state index contributed by atoms with van der Waals surface area (Å²) < 4.78 is 26.2. The van der Waals surface area contributed by atoms with Crippen molar-refractivity contribution in [1.82, 2.24) is 5.32 Å². The van der Waals surface area contributed by atoms with E-state index < -0.39 is 23.4 Å². The van der Waals surface area contributed by atoms with Crippen molar-refractivity contribution in [2.75, 3.05) is 11.9 Å². The van der Waals surface area contributed by atoms with Crippen LogP contribution in [0.4, 0.5) is 14.5 Å². The quantitative estimate of drug-likeness (QED) is 0.852. The van der Waals surface area contributed by atoms with Gasteiger partial charge in [0.2, 0.25) is 0 Å². The van der Waals surface area contributed by atoms with Crippen LogP contribution in [0.25, 0.3) is 0 Å². The molecule has 0 radical (unpaired) electrons. The number of hydrogen-bond acceptors (Lipinski definition) is 2. The third-order valence-corrected chi connectivity index (χ3v) is 3.32. The molecule has 120 valence electrons. The Morgan fingerprint density at radius 3 is 2.39 bits per heavy atom. The number of nitrogens with one attached hydrogen (secondary N) is 2. The summed E-state index contributed by atoms with van der Waals surface area (Å²) in [6.45, 7) is 2.18. The van der Waals surface area contributed by atoms with Gasteiger partial charge in [-0.2, -0.15) is 0 Å². The molecule has 0 aliphatic carbocycles. The van der Waals surface area contributed by atoms with Crippen LogP contribution >= 0.6 is 0 Å². The van der Waals surface area contributed by atoms with Gasteiger partial charge in [0.1, 0.15) is 11.6 Å². The van der Waals surface area contributed by atoms with Gasteiger partial charge in [0.05, 0.1) is 5.69 Å². The second-order valence-electron chi connectivity index (χ2n) is 5.10. The van der Waals surface area contributed by atoms with Gasteiger partial charge in [0.15, 0.2) is 0 Å². The van der Waals surface area contributed by atoms with Gasteiger partial charge in [-0.1, -0.05) is 37.3 Å². The first-order valence-electron chi connectivity index (χ1n) is 7.06. The third kappa shape index (κ3) is 4.60. The van der Waals surface area contributed by atoms with Crippen molar-refractivity contribution < 1.29 is 18.4 Å². The smallest absolute Gasteiger partial charge is 0.313 e. The highest BCUT2D eigenvalue weighted by Crippen LogP contribution is 2.15. The normalized spacial score (nSPS) is 11.6. The first kappa shape index (κ1) is 16.6. The van der Waals surface area contributed by atoms with Crippen LogP contribution in [0, 0.1) is 11.6 Å². The lowest BCUT2D eigenvalue weighted by Crippen LogP contribution is -2.37. The SMILES string of the molecule is C[C@@H](CNC(=O)C(=O)Nc1ccc(F)cc1F)c1ccccc1. The highest BCUT2D eigenvalue weighted by atomic mass is 19.1. The highest BCUT2D eigenvalue weighted by Gasteiger charge is 2.17. The average Bonchev–Trinajstić information content (AvgIpc) is 2.55. The standard InChI is InChI=1S/C17H16F2N2O2/c1-11(12-5-3-2-4-6-12)10-20-16(22)17(23)21-15-8-7-13(18)9-14(15)19/h2-9,11H,10H2,1H3,(H,20,22)(H,21,23)/t11-/m0/s1. The summed E-state index contributed by atoms with van der Waals surface area (Å²) in [5.41, 5.74) is 0.778. The highest BCUT2D eigenvalue weighted by molar-refractivity contribution is 6.39. The number of rotatable bonds is 4. The van der Waals surface area contributed by atoms with E-state index in [0.29, 0.717) is 6.07 Å². The Hall–Kier alpha value is -2.76. The van der Waals surface area contributed by atoms with Gasteiger partial charge in [0, 0.05) is 12.6 Å².